The topological polar surface area (TPSA) is 0 Å². The van der Waals surface area contributed by atoms with E-state index >= 15 is 0 Å². The van der Waals surface area contributed by atoms with E-state index in [2.05, 4.69) is 0 Å². The SMILES string of the molecule is Cc1cc(C(Cl)C2CC3CCC2C3)c(Cl)cc1F. The summed E-state index contributed by atoms with van der Waals surface area (Å²) in [6.45, 7) is 1.76. The monoisotopic (exact) mass is 286 g/mol. The van der Waals surface area contributed by atoms with Gasteiger partial charge in [0.05, 0.1) is 5.38 Å². The molecular formula is C15H17Cl2F. The number of alkyl halides is 1. The van der Waals surface area contributed by atoms with Gasteiger partial charge in [0.2, 0.25) is 0 Å². The molecule has 4 unspecified atom stereocenters. The Hall–Kier alpha value is -0.270. The van der Waals surface area contributed by atoms with Crippen LogP contribution in [-0.4, -0.2) is 0 Å². The molecule has 18 heavy (non-hydrogen) atoms. The van der Waals surface area contributed by atoms with Crippen molar-refractivity contribution >= 4 is 23.2 Å². The third-order valence-corrected chi connectivity index (χ3v) is 5.63. The number of aryl methyl sites for hydroxylation is 1. The summed E-state index contributed by atoms with van der Waals surface area (Å²) in [4.78, 5) is 0. The zero-order chi connectivity index (χ0) is 12.9. The molecule has 0 nitrogen and oxygen atoms in total. The molecule has 3 heteroatoms. The van der Waals surface area contributed by atoms with Crippen molar-refractivity contribution in [2.75, 3.05) is 0 Å². The molecule has 0 saturated heterocycles. The Bertz CT molecular complexity index is 472. The van der Waals surface area contributed by atoms with E-state index in [9.17, 15) is 4.39 Å². The maximum absolute atomic E-state index is 13.4. The van der Waals surface area contributed by atoms with Gasteiger partial charge in [0.15, 0.2) is 0 Å². The fourth-order valence-electron chi connectivity index (χ4n) is 3.77. The predicted octanol–water partition coefficient (Wildman–Crippen LogP) is 5.50. The molecule has 2 bridgehead atoms. The summed E-state index contributed by atoms with van der Waals surface area (Å²) in [6, 6.07) is 3.22. The number of hydrogen-bond acceptors (Lipinski definition) is 0. The van der Waals surface area contributed by atoms with Gasteiger partial charge in [0.1, 0.15) is 5.82 Å². The molecule has 2 aliphatic rings. The highest BCUT2D eigenvalue weighted by Crippen LogP contribution is 2.55. The van der Waals surface area contributed by atoms with Gasteiger partial charge in [-0.05, 0) is 61.1 Å². The number of halogens is 3. The molecule has 0 amide bonds. The van der Waals surface area contributed by atoms with Crippen molar-refractivity contribution in [1.82, 2.24) is 0 Å². The van der Waals surface area contributed by atoms with Gasteiger partial charge in [-0.2, -0.15) is 0 Å². The second-order valence-electron chi connectivity index (χ2n) is 5.86. The van der Waals surface area contributed by atoms with E-state index in [4.69, 9.17) is 23.2 Å². The van der Waals surface area contributed by atoms with E-state index in [-0.39, 0.29) is 11.2 Å². The Balaban J connectivity index is 1.88. The minimum Gasteiger partial charge on any atom is -0.207 e. The van der Waals surface area contributed by atoms with Crippen LogP contribution < -0.4 is 0 Å². The first kappa shape index (κ1) is 12.7. The van der Waals surface area contributed by atoms with Crippen LogP contribution in [0.15, 0.2) is 12.1 Å². The normalized spacial score (nSPS) is 31.9. The average Bonchev–Trinajstić information content (AvgIpc) is 2.95. The molecule has 2 aliphatic carbocycles. The number of rotatable bonds is 2. The predicted molar refractivity (Wildman–Crippen MR) is 73.7 cm³/mol. The van der Waals surface area contributed by atoms with E-state index < -0.39 is 0 Å². The van der Waals surface area contributed by atoms with Crippen LogP contribution in [0.25, 0.3) is 0 Å². The molecule has 3 rings (SSSR count). The van der Waals surface area contributed by atoms with Crippen LogP contribution in [0.2, 0.25) is 5.02 Å². The van der Waals surface area contributed by atoms with Gasteiger partial charge < -0.3 is 0 Å². The van der Waals surface area contributed by atoms with Crippen LogP contribution in [0.1, 0.15) is 42.2 Å². The van der Waals surface area contributed by atoms with Crippen LogP contribution in [0.3, 0.4) is 0 Å². The van der Waals surface area contributed by atoms with Crippen LogP contribution >= 0.6 is 23.2 Å². The lowest BCUT2D eigenvalue weighted by atomic mass is 9.83. The second-order valence-corrected chi connectivity index (χ2v) is 6.74. The van der Waals surface area contributed by atoms with E-state index in [0.29, 0.717) is 16.5 Å². The summed E-state index contributed by atoms with van der Waals surface area (Å²) in [5, 5.41) is 0.410. The molecule has 0 heterocycles. The van der Waals surface area contributed by atoms with E-state index in [1.54, 1.807) is 6.92 Å². The summed E-state index contributed by atoms with van der Waals surface area (Å²) in [7, 11) is 0. The van der Waals surface area contributed by atoms with Crippen molar-refractivity contribution in [3.63, 3.8) is 0 Å². The lowest BCUT2D eigenvalue weighted by molar-refractivity contribution is 0.323. The minimum atomic E-state index is -0.249. The summed E-state index contributed by atoms with van der Waals surface area (Å²) < 4.78 is 13.4. The van der Waals surface area contributed by atoms with Crippen molar-refractivity contribution < 1.29 is 4.39 Å². The third kappa shape index (κ3) is 2.06. The van der Waals surface area contributed by atoms with Gasteiger partial charge >= 0.3 is 0 Å². The van der Waals surface area contributed by atoms with E-state index in [1.165, 1.54) is 31.7 Å². The minimum absolute atomic E-state index is 0.0629. The molecular weight excluding hydrogens is 270 g/mol. The molecule has 0 radical (unpaired) electrons. The molecule has 2 saturated carbocycles. The smallest absolute Gasteiger partial charge is 0.127 e. The summed E-state index contributed by atoms with van der Waals surface area (Å²) in [5.41, 5.74) is 1.54. The van der Waals surface area contributed by atoms with Crippen molar-refractivity contribution in [2.45, 2.75) is 38.0 Å². The highest BCUT2D eigenvalue weighted by molar-refractivity contribution is 6.32. The zero-order valence-corrected chi connectivity index (χ0v) is 11.9. The fraction of sp³-hybridized carbons (Fsp3) is 0.600. The molecule has 1 aromatic rings. The van der Waals surface area contributed by atoms with Crippen LogP contribution in [-0.2, 0) is 0 Å². The maximum Gasteiger partial charge on any atom is 0.127 e. The molecule has 0 aromatic heterocycles. The molecule has 1 aromatic carbocycles. The van der Waals surface area contributed by atoms with Gasteiger partial charge in [0, 0.05) is 5.02 Å². The molecule has 2 fully saturated rings. The number of benzene rings is 1. The van der Waals surface area contributed by atoms with Crippen LogP contribution in [0.5, 0.6) is 0 Å². The van der Waals surface area contributed by atoms with E-state index in [0.717, 1.165) is 17.4 Å². The first-order valence-corrected chi connectivity index (χ1v) is 7.47. The third-order valence-electron chi connectivity index (χ3n) is 4.74. The first-order valence-electron chi connectivity index (χ1n) is 6.66. The molecule has 98 valence electrons. The van der Waals surface area contributed by atoms with Crippen molar-refractivity contribution in [1.29, 1.82) is 0 Å². The first-order chi connectivity index (χ1) is 8.56. The lowest BCUT2D eigenvalue weighted by Crippen LogP contribution is -2.16. The van der Waals surface area contributed by atoms with Gasteiger partial charge in [0.25, 0.3) is 0 Å². The molecule has 4 atom stereocenters. The molecule has 0 aliphatic heterocycles. The summed E-state index contributed by atoms with van der Waals surface area (Å²) in [6.07, 6.45) is 5.20. The Kier molecular flexibility index (Phi) is 3.32. The lowest BCUT2D eigenvalue weighted by Gasteiger charge is -2.27. The van der Waals surface area contributed by atoms with Gasteiger partial charge in [-0.1, -0.05) is 24.1 Å². The van der Waals surface area contributed by atoms with Crippen LogP contribution in [0.4, 0.5) is 4.39 Å². The van der Waals surface area contributed by atoms with Crippen molar-refractivity contribution in [2.24, 2.45) is 17.8 Å². The fourth-order valence-corrected chi connectivity index (χ4v) is 4.59. The quantitative estimate of drug-likeness (QED) is 0.630. The Morgan fingerprint density at radius 2 is 2.06 bits per heavy atom. The highest BCUT2D eigenvalue weighted by atomic mass is 35.5. The Labute approximate surface area is 117 Å². The standard InChI is InChI=1S/C15H17Cl2F/c1-8-4-12(13(16)7-14(8)18)15(17)11-6-9-2-3-10(11)5-9/h4,7,9-11,15H,2-3,5-6H2,1H3. The maximum atomic E-state index is 13.4. The van der Waals surface area contributed by atoms with Gasteiger partial charge in [-0.15, -0.1) is 11.6 Å². The summed E-state index contributed by atoms with van der Waals surface area (Å²) in [5.74, 6) is 1.88. The molecule has 0 spiro atoms. The van der Waals surface area contributed by atoms with Gasteiger partial charge in [-0.25, -0.2) is 4.39 Å². The van der Waals surface area contributed by atoms with Gasteiger partial charge in [-0.3, -0.25) is 0 Å². The van der Waals surface area contributed by atoms with E-state index in [1.807, 2.05) is 6.07 Å². The van der Waals surface area contributed by atoms with Crippen molar-refractivity contribution in [3.05, 3.63) is 34.1 Å². The molecule has 0 N–H and O–H groups in total. The average molecular weight is 287 g/mol. The summed E-state index contributed by atoms with van der Waals surface area (Å²) >= 11 is 12.8. The number of hydrogen-bond donors (Lipinski definition) is 0. The zero-order valence-electron chi connectivity index (χ0n) is 10.4. The second kappa shape index (κ2) is 4.68. The Morgan fingerprint density at radius 1 is 1.28 bits per heavy atom. The Morgan fingerprint density at radius 3 is 2.67 bits per heavy atom. The highest BCUT2D eigenvalue weighted by Gasteiger charge is 2.43. The van der Waals surface area contributed by atoms with Crippen LogP contribution in [0, 0.1) is 30.5 Å². The van der Waals surface area contributed by atoms with Crippen molar-refractivity contribution in [3.8, 4) is 0 Å². The largest absolute Gasteiger partial charge is 0.207 e. The number of fused-ring (bicyclic) bond motifs is 2.